The van der Waals surface area contributed by atoms with Crippen molar-refractivity contribution < 1.29 is 9.47 Å². The molecule has 0 saturated heterocycles. The molecule has 6 heteroatoms. The molecule has 0 spiro atoms. The summed E-state index contributed by atoms with van der Waals surface area (Å²) < 4.78 is 14.2. The SMILES string of the molecule is S=c1[nH]nc(-c2ccc3c(c2)OCCCO3)n1C1CC1. The molecule has 4 rings (SSSR count). The van der Waals surface area contributed by atoms with E-state index in [1.54, 1.807) is 0 Å². The summed E-state index contributed by atoms with van der Waals surface area (Å²) in [5.74, 6) is 2.47. The molecule has 0 amide bonds. The van der Waals surface area contributed by atoms with Gasteiger partial charge in [0, 0.05) is 18.0 Å². The number of H-pyrrole nitrogens is 1. The second-order valence-electron chi connectivity index (χ2n) is 5.17. The predicted octanol–water partition coefficient (Wildman–Crippen LogP) is 3.10. The van der Waals surface area contributed by atoms with E-state index in [1.807, 2.05) is 18.2 Å². The molecular weight excluding hydrogens is 274 g/mol. The second-order valence-corrected chi connectivity index (χ2v) is 5.55. The summed E-state index contributed by atoms with van der Waals surface area (Å²) in [7, 11) is 0. The molecule has 1 aromatic carbocycles. The molecule has 104 valence electrons. The highest BCUT2D eigenvalue weighted by Crippen LogP contribution is 2.39. The smallest absolute Gasteiger partial charge is 0.195 e. The quantitative estimate of drug-likeness (QED) is 0.863. The Morgan fingerprint density at radius 1 is 1.20 bits per heavy atom. The largest absolute Gasteiger partial charge is 0.490 e. The summed E-state index contributed by atoms with van der Waals surface area (Å²) in [5, 5.41) is 7.26. The normalized spacial score (nSPS) is 17.8. The van der Waals surface area contributed by atoms with Crippen LogP contribution in [0.25, 0.3) is 11.4 Å². The lowest BCUT2D eigenvalue weighted by atomic mass is 10.2. The van der Waals surface area contributed by atoms with E-state index in [0.29, 0.717) is 24.0 Å². The molecule has 2 aromatic rings. The standard InChI is InChI=1S/C14H15N3O2S/c20-14-16-15-13(17(14)10-3-4-10)9-2-5-11-12(8-9)19-7-1-6-18-11/h2,5,8,10H,1,3-4,6-7H2,(H,16,20). The van der Waals surface area contributed by atoms with E-state index in [2.05, 4.69) is 14.8 Å². The Morgan fingerprint density at radius 2 is 2.00 bits per heavy atom. The van der Waals surface area contributed by atoms with Crippen molar-refractivity contribution in [3.05, 3.63) is 23.0 Å². The average molecular weight is 289 g/mol. The van der Waals surface area contributed by atoms with Gasteiger partial charge in [-0.2, -0.15) is 5.10 Å². The number of aromatic nitrogens is 3. The predicted molar refractivity (Wildman–Crippen MR) is 76.7 cm³/mol. The highest BCUT2D eigenvalue weighted by Gasteiger charge is 2.28. The Labute approximate surface area is 121 Å². The van der Waals surface area contributed by atoms with E-state index >= 15 is 0 Å². The Bertz CT molecular complexity index is 703. The highest BCUT2D eigenvalue weighted by atomic mass is 32.1. The number of hydrogen-bond donors (Lipinski definition) is 1. The number of nitrogens with zero attached hydrogens (tertiary/aromatic N) is 2. The van der Waals surface area contributed by atoms with Crippen LogP contribution in [0.2, 0.25) is 0 Å². The Kier molecular flexibility index (Phi) is 2.77. The summed E-state index contributed by atoms with van der Waals surface area (Å²) in [4.78, 5) is 0. The number of hydrogen-bond acceptors (Lipinski definition) is 4. The summed E-state index contributed by atoms with van der Waals surface area (Å²) in [6, 6.07) is 6.44. The van der Waals surface area contributed by atoms with E-state index in [0.717, 1.165) is 29.3 Å². The number of ether oxygens (including phenoxy) is 2. The van der Waals surface area contributed by atoms with Crippen LogP contribution in [0.15, 0.2) is 18.2 Å². The molecule has 2 heterocycles. The van der Waals surface area contributed by atoms with E-state index in [4.69, 9.17) is 21.7 Å². The van der Waals surface area contributed by atoms with Crippen LogP contribution >= 0.6 is 12.2 Å². The molecule has 0 bridgehead atoms. The molecule has 5 nitrogen and oxygen atoms in total. The van der Waals surface area contributed by atoms with Crippen molar-refractivity contribution in [3.63, 3.8) is 0 Å². The van der Waals surface area contributed by atoms with Crippen molar-refractivity contribution in [1.82, 2.24) is 14.8 Å². The molecule has 0 unspecified atom stereocenters. The fraction of sp³-hybridized carbons (Fsp3) is 0.429. The molecule has 1 fully saturated rings. The van der Waals surface area contributed by atoms with Gasteiger partial charge in [0.15, 0.2) is 22.1 Å². The van der Waals surface area contributed by atoms with Crippen molar-refractivity contribution in [2.45, 2.75) is 25.3 Å². The molecule has 1 N–H and O–H groups in total. The van der Waals surface area contributed by atoms with Gasteiger partial charge in [0.2, 0.25) is 0 Å². The van der Waals surface area contributed by atoms with Crippen LogP contribution < -0.4 is 9.47 Å². The minimum Gasteiger partial charge on any atom is -0.490 e. The third kappa shape index (κ3) is 2.00. The summed E-state index contributed by atoms with van der Waals surface area (Å²) in [5.41, 5.74) is 1.01. The van der Waals surface area contributed by atoms with Gasteiger partial charge in [0.05, 0.1) is 13.2 Å². The van der Waals surface area contributed by atoms with Crippen LogP contribution in [0, 0.1) is 4.77 Å². The molecule has 1 aromatic heterocycles. The van der Waals surface area contributed by atoms with Gasteiger partial charge in [0.25, 0.3) is 0 Å². The topological polar surface area (TPSA) is 52.1 Å². The molecule has 2 aliphatic rings. The number of aromatic amines is 1. The number of rotatable bonds is 2. The van der Waals surface area contributed by atoms with Crippen molar-refractivity contribution in [2.24, 2.45) is 0 Å². The number of fused-ring (bicyclic) bond motifs is 1. The maximum Gasteiger partial charge on any atom is 0.195 e. The number of benzene rings is 1. The summed E-state index contributed by atoms with van der Waals surface area (Å²) >= 11 is 5.32. The first-order valence-corrected chi connectivity index (χ1v) is 7.31. The van der Waals surface area contributed by atoms with E-state index in [9.17, 15) is 0 Å². The van der Waals surface area contributed by atoms with Gasteiger partial charge in [-0.25, -0.2) is 0 Å². The second kappa shape index (κ2) is 4.63. The van der Waals surface area contributed by atoms with Crippen molar-refractivity contribution >= 4 is 12.2 Å². The highest BCUT2D eigenvalue weighted by molar-refractivity contribution is 7.71. The molecular formula is C14H15N3O2S. The zero-order chi connectivity index (χ0) is 13.5. The van der Waals surface area contributed by atoms with Gasteiger partial charge < -0.3 is 9.47 Å². The molecule has 0 atom stereocenters. The van der Waals surface area contributed by atoms with Crippen LogP contribution in [0.1, 0.15) is 25.3 Å². The van der Waals surface area contributed by atoms with Gasteiger partial charge in [-0.1, -0.05) is 0 Å². The van der Waals surface area contributed by atoms with Gasteiger partial charge in [-0.15, -0.1) is 0 Å². The Balaban J connectivity index is 1.79. The molecule has 1 aliphatic carbocycles. The third-order valence-corrected chi connectivity index (χ3v) is 3.91. The van der Waals surface area contributed by atoms with Crippen LogP contribution in [-0.4, -0.2) is 28.0 Å². The monoisotopic (exact) mass is 289 g/mol. The third-order valence-electron chi connectivity index (χ3n) is 3.62. The zero-order valence-electron chi connectivity index (χ0n) is 11.0. The van der Waals surface area contributed by atoms with Crippen molar-refractivity contribution in [1.29, 1.82) is 0 Å². The lowest BCUT2D eigenvalue weighted by Crippen LogP contribution is -1.98. The van der Waals surface area contributed by atoms with Crippen molar-refractivity contribution in [2.75, 3.05) is 13.2 Å². The summed E-state index contributed by atoms with van der Waals surface area (Å²) in [6.45, 7) is 1.39. The first-order chi connectivity index (χ1) is 9.83. The van der Waals surface area contributed by atoms with Crippen LogP contribution in [-0.2, 0) is 0 Å². The molecule has 1 aliphatic heterocycles. The average Bonchev–Trinajstić information content (AvgIpc) is 3.25. The van der Waals surface area contributed by atoms with E-state index in [-0.39, 0.29) is 0 Å². The minimum absolute atomic E-state index is 0.493. The van der Waals surface area contributed by atoms with Gasteiger partial charge in [-0.05, 0) is 43.3 Å². The minimum atomic E-state index is 0.493. The lowest BCUT2D eigenvalue weighted by Gasteiger charge is -2.10. The molecule has 20 heavy (non-hydrogen) atoms. The Morgan fingerprint density at radius 3 is 2.80 bits per heavy atom. The zero-order valence-corrected chi connectivity index (χ0v) is 11.8. The summed E-state index contributed by atoms with van der Waals surface area (Å²) in [6.07, 6.45) is 3.25. The maximum absolute atomic E-state index is 5.74. The molecule has 1 saturated carbocycles. The van der Waals surface area contributed by atoms with Crippen molar-refractivity contribution in [3.8, 4) is 22.9 Å². The van der Waals surface area contributed by atoms with Crippen LogP contribution in [0.3, 0.4) is 0 Å². The van der Waals surface area contributed by atoms with Gasteiger partial charge >= 0.3 is 0 Å². The first kappa shape index (κ1) is 12.0. The van der Waals surface area contributed by atoms with E-state index in [1.165, 1.54) is 12.8 Å². The maximum atomic E-state index is 5.74. The Hall–Kier alpha value is -1.82. The first-order valence-electron chi connectivity index (χ1n) is 6.90. The molecule has 0 radical (unpaired) electrons. The fourth-order valence-corrected chi connectivity index (χ4v) is 2.76. The van der Waals surface area contributed by atoms with Crippen LogP contribution in [0.5, 0.6) is 11.5 Å². The van der Waals surface area contributed by atoms with Gasteiger partial charge in [0.1, 0.15) is 0 Å². The van der Waals surface area contributed by atoms with Crippen LogP contribution in [0.4, 0.5) is 0 Å². The fourth-order valence-electron chi connectivity index (χ4n) is 2.48. The van der Waals surface area contributed by atoms with E-state index < -0.39 is 0 Å². The lowest BCUT2D eigenvalue weighted by molar-refractivity contribution is 0.297. The number of nitrogens with one attached hydrogen (secondary N) is 1. The van der Waals surface area contributed by atoms with Gasteiger partial charge in [-0.3, -0.25) is 9.67 Å².